The fourth-order valence-corrected chi connectivity index (χ4v) is 2.93. The zero-order valence-electron chi connectivity index (χ0n) is 11.8. The normalized spacial score (nSPS) is 13.8. The van der Waals surface area contributed by atoms with E-state index in [0.29, 0.717) is 0 Å². The lowest BCUT2D eigenvalue weighted by atomic mass is 10.1. The van der Waals surface area contributed by atoms with Gasteiger partial charge in [-0.15, -0.1) is 0 Å². The minimum atomic E-state index is -0.0542. The Labute approximate surface area is 124 Å². The van der Waals surface area contributed by atoms with Crippen molar-refractivity contribution in [1.29, 1.82) is 0 Å². The smallest absolute Gasteiger partial charge is 0.117 e. The molecule has 0 N–H and O–H groups in total. The van der Waals surface area contributed by atoms with Gasteiger partial charge in [0.25, 0.3) is 0 Å². The molecule has 0 fully saturated rings. The van der Waals surface area contributed by atoms with Crippen molar-refractivity contribution in [3.05, 3.63) is 72.1 Å². The van der Waals surface area contributed by atoms with Crippen LogP contribution in [0, 0.1) is 5.92 Å². The average Bonchev–Trinajstić information content (AvgIpc) is 2.53. The molecule has 104 valence electrons. The molecule has 0 nitrogen and oxygen atoms in total. The standard InChI is InChI=1S/C18H19FS/c1-3-14(2)17(19)18(15-10-6-4-7-11-15)20-16-12-8-5-9-13-16/h4-14H,3H2,1-2H3/b18-17+. The van der Waals surface area contributed by atoms with Crippen LogP contribution in [-0.2, 0) is 0 Å². The zero-order valence-corrected chi connectivity index (χ0v) is 12.7. The lowest BCUT2D eigenvalue weighted by Crippen LogP contribution is -1.96. The van der Waals surface area contributed by atoms with Gasteiger partial charge in [0.1, 0.15) is 5.83 Å². The summed E-state index contributed by atoms with van der Waals surface area (Å²) in [7, 11) is 0. The highest BCUT2D eigenvalue weighted by atomic mass is 32.2. The molecule has 0 amide bonds. The maximum Gasteiger partial charge on any atom is 0.117 e. The lowest BCUT2D eigenvalue weighted by Gasteiger charge is -2.13. The Bertz CT molecular complexity index is 560. The second kappa shape index (κ2) is 7.30. The number of halogens is 1. The summed E-state index contributed by atoms with van der Waals surface area (Å²) in [5.74, 6) is -0.0750. The van der Waals surface area contributed by atoms with Crippen LogP contribution in [0.2, 0.25) is 0 Å². The fourth-order valence-electron chi connectivity index (χ4n) is 1.84. The van der Waals surface area contributed by atoms with Gasteiger partial charge in [-0.3, -0.25) is 0 Å². The summed E-state index contributed by atoms with van der Waals surface area (Å²) in [6, 6.07) is 19.7. The molecule has 0 spiro atoms. The SMILES string of the molecule is CCC(C)/C(F)=C(\Sc1ccccc1)c1ccccc1. The quantitative estimate of drug-likeness (QED) is 0.593. The summed E-state index contributed by atoms with van der Waals surface area (Å²) in [6.45, 7) is 3.95. The summed E-state index contributed by atoms with van der Waals surface area (Å²) in [5.41, 5.74) is 0.944. The molecule has 0 saturated heterocycles. The number of benzene rings is 2. The van der Waals surface area contributed by atoms with E-state index in [1.54, 1.807) is 0 Å². The molecular formula is C18H19FS. The predicted molar refractivity (Wildman–Crippen MR) is 86.2 cm³/mol. The lowest BCUT2D eigenvalue weighted by molar-refractivity contribution is 0.488. The van der Waals surface area contributed by atoms with E-state index in [1.807, 2.05) is 74.5 Å². The first-order chi connectivity index (χ1) is 9.72. The van der Waals surface area contributed by atoms with E-state index in [2.05, 4.69) is 0 Å². The molecule has 1 unspecified atom stereocenters. The van der Waals surface area contributed by atoms with E-state index in [4.69, 9.17) is 0 Å². The van der Waals surface area contributed by atoms with Crippen LogP contribution in [0.5, 0.6) is 0 Å². The molecule has 0 aliphatic rings. The Morgan fingerprint density at radius 1 is 1.00 bits per heavy atom. The van der Waals surface area contributed by atoms with E-state index in [-0.39, 0.29) is 11.7 Å². The molecule has 20 heavy (non-hydrogen) atoms. The summed E-state index contributed by atoms with van der Waals surface area (Å²) in [6.07, 6.45) is 0.803. The second-order valence-electron chi connectivity index (χ2n) is 4.77. The van der Waals surface area contributed by atoms with Crippen LogP contribution < -0.4 is 0 Å². The van der Waals surface area contributed by atoms with E-state index in [1.165, 1.54) is 11.8 Å². The van der Waals surface area contributed by atoms with Crippen molar-refractivity contribution in [3.8, 4) is 0 Å². The molecule has 0 saturated carbocycles. The highest BCUT2D eigenvalue weighted by Gasteiger charge is 2.15. The Morgan fingerprint density at radius 2 is 1.55 bits per heavy atom. The highest BCUT2D eigenvalue weighted by Crippen LogP contribution is 2.39. The molecule has 0 aliphatic heterocycles. The minimum absolute atomic E-state index is 0.0208. The first-order valence-corrected chi connectivity index (χ1v) is 7.72. The van der Waals surface area contributed by atoms with Crippen LogP contribution in [0.4, 0.5) is 4.39 Å². The number of hydrogen-bond donors (Lipinski definition) is 0. The Morgan fingerprint density at radius 3 is 2.10 bits per heavy atom. The molecule has 2 aromatic carbocycles. The van der Waals surface area contributed by atoms with Crippen molar-refractivity contribution in [2.24, 2.45) is 5.92 Å². The van der Waals surface area contributed by atoms with E-state index in [0.717, 1.165) is 21.8 Å². The van der Waals surface area contributed by atoms with Gasteiger partial charge in [-0.25, -0.2) is 4.39 Å². The third-order valence-corrected chi connectivity index (χ3v) is 4.40. The largest absolute Gasteiger partial charge is 0.210 e. The van der Waals surface area contributed by atoms with Gasteiger partial charge in [0, 0.05) is 10.8 Å². The predicted octanol–water partition coefficient (Wildman–Crippen LogP) is 6.16. The van der Waals surface area contributed by atoms with Crippen molar-refractivity contribution >= 4 is 16.7 Å². The van der Waals surface area contributed by atoms with Crippen molar-refractivity contribution in [2.45, 2.75) is 25.2 Å². The fraction of sp³-hybridized carbons (Fsp3) is 0.222. The van der Waals surface area contributed by atoms with Gasteiger partial charge in [0.05, 0.1) is 4.91 Å². The monoisotopic (exact) mass is 286 g/mol. The third-order valence-electron chi connectivity index (χ3n) is 3.26. The van der Waals surface area contributed by atoms with Gasteiger partial charge in [-0.05, 0) is 24.1 Å². The van der Waals surface area contributed by atoms with Crippen LogP contribution in [0.3, 0.4) is 0 Å². The summed E-state index contributed by atoms with van der Waals surface area (Å²) in [5, 5.41) is 0. The van der Waals surface area contributed by atoms with Crippen molar-refractivity contribution in [3.63, 3.8) is 0 Å². The zero-order chi connectivity index (χ0) is 14.4. The number of allylic oxidation sites excluding steroid dienone is 1. The summed E-state index contributed by atoms with van der Waals surface area (Å²) in [4.78, 5) is 1.79. The van der Waals surface area contributed by atoms with Crippen LogP contribution in [-0.4, -0.2) is 0 Å². The topological polar surface area (TPSA) is 0 Å². The van der Waals surface area contributed by atoms with Crippen LogP contribution in [0.25, 0.3) is 4.91 Å². The molecule has 2 heteroatoms. The van der Waals surface area contributed by atoms with Gasteiger partial charge in [-0.1, -0.05) is 74.1 Å². The van der Waals surface area contributed by atoms with Gasteiger partial charge < -0.3 is 0 Å². The van der Waals surface area contributed by atoms with Crippen LogP contribution in [0.15, 0.2) is 71.4 Å². The molecule has 2 rings (SSSR count). The van der Waals surface area contributed by atoms with Crippen molar-refractivity contribution in [1.82, 2.24) is 0 Å². The maximum atomic E-state index is 14.7. The highest BCUT2D eigenvalue weighted by molar-refractivity contribution is 8.08. The molecule has 0 radical (unpaired) electrons. The van der Waals surface area contributed by atoms with Gasteiger partial charge in [0.2, 0.25) is 0 Å². The molecule has 0 heterocycles. The third kappa shape index (κ3) is 3.73. The summed E-state index contributed by atoms with van der Waals surface area (Å²) >= 11 is 1.50. The molecule has 0 aromatic heterocycles. The van der Waals surface area contributed by atoms with Gasteiger partial charge >= 0.3 is 0 Å². The van der Waals surface area contributed by atoms with Crippen LogP contribution >= 0.6 is 11.8 Å². The van der Waals surface area contributed by atoms with Gasteiger partial charge in [-0.2, -0.15) is 0 Å². The maximum absolute atomic E-state index is 14.7. The van der Waals surface area contributed by atoms with E-state index in [9.17, 15) is 4.39 Å². The first kappa shape index (κ1) is 14.9. The molecular weight excluding hydrogens is 267 g/mol. The number of thioether (sulfide) groups is 1. The van der Waals surface area contributed by atoms with E-state index < -0.39 is 0 Å². The number of hydrogen-bond acceptors (Lipinski definition) is 1. The average molecular weight is 286 g/mol. The van der Waals surface area contributed by atoms with Crippen molar-refractivity contribution < 1.29 is 4.39 Å². The molecule has 1 atom stereocenters. The molecule has 0 bridgehead atoms. The summed E-state index contributed by atoms with van der Waals surface area (Å²) < 4.78 is 14.7. The van der Waals surface area contributed by atoms with Crippen LogP contribution in [0.1, 0.15) is 25.8 Å². The second-order valence-corrected chi connectivity index (χ2v) is 5.85. The Kier molecular flexibility index (Phi) is 5.42. The van der Waals surface area contributed by atoms with E-state index >= 15 is 0 Å². The van der Waals surface area contributed by atoms with Crippen molar-refractivity contribution in [2.75, 3.05) is 0 Å². The number of rotatable bonds is 5. The Balaban J connectivity index is 2.40. The first-order valence-electron chi connectivity index (χ1n) is 6.90. The minimum Gasteiger partial charge on any atom is -0.210 e. The Hall–Kier alpha value is -1.54. The van der Waals surface area contributed by atoms with Gasteiger partial charge in [0.15, 0.2) is 0 Å². The molecule has 2 aromatic rings. The molecule has 0 aliphatic carbocycles.